The lowest BCUT2D eigenvalue weighted by Crippen LogP contribution is -2.22. The Morgan fingerprint density at radius 1 is 1.64 bits per heavy atom. The molecule has 0 fully saturated rings. The molecule has 0 amide bonds. The zero-order chi connectivity index (χ0) is 10.7. The highest BCUT2D eigenvalue weighted by atomic mass is 16.6. The third-order valence-corrected chi connectivity index (χ3v) is 1.78. The van der Waals surface area contributed by atoms with Crippen molar-refractivity contribution < 1.29 is 4.92 Å². The SMILES string of the molecule is NCC(N)c1c[nH]c(=O)c([N+](=O)[O-])c1. The highest BCUT2D eigenvalue weighted by Gasteiger charge is 2.14. The van der Waals surface area contributed by atoms with E-state index >= 15 is 0 Å². The van der Waals surface area contributed by atoms with Gasteiger partial charge >= 0.3 is 11.2 Å². The Hall–Kier alpha value is -1.73. The van der Waals surface area contributed by atoms with E-state index in [0.717, 1.165) is 6.07 Å². The van der Waals surface area contributed by atoms with E-state index in [9.17, 15) is 14.9 Å². The Balaban J connectivity index is 3.19. The van der Waals surface area contributed by atoms with Crippen LogP contribution >= 0.6 is 0 Å². The summed E-state index contributed by atoms with van der Waals surface area (Å²) in [7, 11) is 0. The predicted octanol–water partition coefficient (Wildman–Crippen LogP) is -0.758. The van der Waals surface area contributed by atoms with E-state index in [1.54, 1.807) is 0 Å². The summed E-state index contributed by atoms with van der Waals surface area (Å²) in [6, 6.07) is 0.627. The van der Waals surface area contributed by atoms with E-state index in [1.165, 1.54) is 6.20 Å². The third-order valence-electron chi connectivity index (χ3n) is 1.78. The van der Waals surface area contributed by atoms with Gasteiger partial charge in [0.25, 0.3) is 0 Å². The smallest absolute Gasteiger partial charge is 0.329 e. The number of pyridine rings is 1. The van der Waals surface area contributed by atoms with Gasteiger partial charge in [-0.2, -0.15) is 0 Å². The minimum absolute atomic E-state index is 0.156. The van der Waals surface area contributed by atoms with Crippen molar-refractivity contribution in [3.05, 3.63) is 38.3 Å². The summed E-state index contributed by atoms with van der Waals surface area (Å²) < 4.78 is 0. The van der Waals surface area contributed by atoms with Crippen molar-refractivity contribution in [3.63, 3.8) is 0 Å². The normalized spacial score (nSPS) is 12.4. The number of nitrogens with one attached hydrogen (secondary N) is 1. The van der Waals surface area contributed by atoms with E-state index in [0.29, 0.717) is 5.56 Å². The molecular weight excluding hydrogens is 188 g/mol. The molecule has 1 heterocycles. The molecule has 0 aromatic carbocycles. The third kappa shape index (κ3) is 1.95. The van der Waals surface area contributed by atoms with Gasteiger partial charge in [0.2, 0.25) is 0 Å². The lowest BCUT2D eigenvalue weighted by atomic mass is 10.1. The van der Waals surface area contributed by atoms with Crippen LogP contribution in [0.2, 0.25) is 0 Å². The van der Waals surface area contributed by atoms with Crippen LogP contribution in [-0.2, 0) is 0 Å². The Bertz CT molecular complexity index is 400. The molecule has 1 unspecified atom stereocenters. The highest BCUT2D eigenvalue weighted by molar-refractivity contribution is 5.31. The van der Waals surface area contributed by atoms with E-state index in [2.05, 4.69) is 4.98 Å². The summed E-state index contributed by atoms with van der Waals surface area (Å²) in [6.45, 7) is 0.156. The molecule has 1 atom stereocenters. The van der Waals surface area contributed by atoms with Crippen LogP contribution in [0, 0.1) is 10.1 Å². The van der Waals surface area contributed by atoms with Crippen molar-refractivity contribution in [2.24, 2.45) is 11.5 Å². The maximum absolute atomic E-state index is 11.0. The lowest BCUT2D eigenvalue weighted by Gasteiger charge is -2.07. The van der Waals surface area contributed by atoms with Gasteiger partial charge < -0.3 is 16.5 Å². The van der Waals surface area contributed by atoms with Crippen LogP contribution in [0.15, 0.2) is 17.1 Å². The van der Waals surface area contributed by atoms with Gasteiger partial charge in [0.1, 0.15) is 0 Å². The van der Waals surface area contributed by atoms with E-state index in [1.807, 2.05) is 0 Å². The quantitative estimate of drug-likeness (QED) is 0.434. The molecule has 0 bridgehead atoms. The monoisotopic (exact) mass is 198 g/mol. The first-order chi connectivity index (χ1) is 6.56. The van der Waals surface area contributed by atoms with Gasteiger partial charge in [0.15, 0.2) is 0 Å². The second-order valence-corrected chi connectivity index (χ2v) is 2.75. The molecule has 0 saturated heterocycles. The molecule has 0 aliphatic heterocycles. The maximum Gasteiger partial charge on any atom is 0.334 e. The van der Waals surface area contributed by atoms with Crippen LogP contribution in [0.4, 0.5) is 5.69 Å². The average Bonchev–Trinajstić information content (AvgIpc) is 2.17. The Morgan fingerprint density at radius 2 is 2.29 bits per heavy atom. The fourth-order valence-corrected chi connectivity index (χ4v) is 0.974. The van der Waals surface area contributed by atoms with Crippen molar-refractivity contribution in [2.45, 2.75) is 6.04 Å². The summed E-state index contributed by atoms with van der Waals surface area (Å²) in [5.74, 6) is 0. The second-order valence-electron chi connectivity index (χ2n) is 2.75. The van der Waals surface area contributed by atoms with Gasteiger partial charge in [-0.1, -0.05) is 0 Å². The van der Waals surface area contributed by atoms with Gasteiger partial charge in [-0.25, -0.2) is 0 Å². The molecule has 1 aromatic rings. The Morgan fingerprint density at radius 3 is 2.79 bits per heavy atom. The molecule has 1 rings (SSSR count). The molecule has 1 aromatic heterocycles. The number of nitrogens with zero attached hydrogens (tertiary/aromatic N) is 1. The summed E-state index contributed by atoms with van der Waals surface area (Å²) in [5.41, 5.74) is 10.00. The van der Waals surface area contributed by atoms with E-state index in [4.69, 9.17) is 11.5 Å². The molecule has 0 saturated carbocycles. The van der Waals surface area contributed by atoms with Crippen molar-refractivity contribution in [1.82, 2.24) is 4.98 Å². The van der Waals surface area contributed by atoms with Gasteiger partial charge in [0, 0.05) is 24.8 Å². The number of hydrogen-bond acceptors (Lipinski definition) is 5. The summed E-state index contributed by atoms with van der Waals surface area (Å²) in [4.78, 5) is 22.8. The molecular formula is C7H10N4O3. The van der Waals surface area contributed by atoms with Crippen LogP contribution in [0.5, 0.6) is 0 Å². The number of rotatable bonds is 3. The topological polar surface area (TPSA) is 128 Å². The molecule has 7 nitrogen and oxygen atoms in total. The minimum Gasteiger partial charge on any atom is -0.329 e. The van der Waals surface area contributed by atoms with Crippen molar-refractivity contribution in [3.8, 4) is 0 Å². The highest BCUT2D eigenvalue weighted by Crippen LogP contribution is 2.11. The molecule has 0 aliphatic carbocycles. The van der Waals surface area contributed by atoms with Crippen LogP contribution in [0.3, 0.4) is 0 Å². The molecule has 0 radical (unpaired) electrons. The first kappa shape index (κ1) is 10.4. The summed E-state index contributed by atoms with van der Waals surface area (Å²) in [6.07, 6.45) is 1.33. The Labute approximate surface area is 78.9 Å². The predicted molar refractivity (Wildman–Crippen MR) is 49.7 cm³/mol. The average molecular weight is 198 g/mol. The second kappa shape index (κ2) is 3.99. The number of nitrogens with two attached hydrogens (primary N) is 2. The lowest BCUT2D eigenvalue weighted by molar-refractivity contribution is -0.386. The number of aromatic amines is 1. The van der Waals surface area contributed by atoms with Gasteiger partial charge in [-0.3, -0.25) is 14.9 Å². The van der Waals surface area contributed by atoms with Crippen LogP contribution in [0.25, 0.3) is 0 Å². The fraction of sp³-hybridized carbons (Fsp3) is 0.286. The van der Waals surface area contributed by atoms with Gasteiger partial charge in [0.05, 0.1) is 4.92 Å². The van der Waals surface area contributed by atoms with E-state index < -0.39 is 22.2 Å². The molecule has 14 heavy (non-hydrogen) atoms. The molecule has 0 aliphatic rings. The minimum atomic E-state index is -0.758. The number of hydrogen-bond donors (Lipinski definition) is 3. The maximum atomic E-state index is 11.0. The molecule has 7 heteroatoms. The fourth-order valence-electron chi connectivity index (χ4n) is 0.974. The van der Waals surface area contributed by atoms with Crippen LogP contribution in [-0.4, -0.2) is 16.5 Å². The van der Waals surface area contributed by atoms with Crippen molar-refractivity contribution >= 4 is 5.69 Å². The zero-order valence-corrected chi connectivity index (χ0v) is 7.27. The molecule has 5 N–H and O–H groups in total. The Kier molecular flexibility index (Phi) is 2.95. The standard InChI is InChI=1S/C7H10N4O3/c8-2-5(9)4-1-6(11(13)14)7(12)10-3-4/h1,3,5H,2,8-9H2,(H,10,12). The molecule has 0 spiro atoms. The first-order valence-corrected chi connectivity index (χ1v) is 3.89. The zero-order valence-electron chi connectivity index (χ0n) is 7.27. The van der Waals surface area contributed by atoms with Crippen LogP contribution in [0.1, 0.15) is 11.6 Å². The largest absolute Gasteiger partial charge is 0.334 e. The first-order valence-electron chi connectivity index (χ1n) is 3.89. The van der Waals surface area contributed by atoms with Gasteiger partial charge in [-0.05, 0) is 5.56 Å². The van der Waals surface area contributed by atoms with Gasteiger partial charge in [-0.15, -0.1) is 0 Å². The molecule has 76 valence electrons. The number of H-pyrrole nitrogens is 1. The summed E-state index contributed by atoms with van der Waals surface area (Å²) in [5, 5.41) is 10.4. The number of nitro groups is 1. The van der Waals surface area contributed by atoms with Crippen LogP contribution < -0.4 is 17.0 Å². The van der Waals surface area contributed by atoms with Crippen molar-refractivity contribution in [2.75, 3.05) is 6.54 Å². The van der Waals surface area contributed by atoms with Crippen molar-refractivity contribution in [1.29, 1.82) is 0 Å². The number of aromatic nitrogens is 1. The van der Waals surface area contributed by atoms with E-state index in [-0.39, 0.29) is 6.54 Å². The summed E-state index contributed by atoms with van der Waals surface area (Å²) >= 11 is 0.